The fourth-order valence-corrected chi connectivity index (χ4v) is 5.14. The predicted molar refractivity (Wildman–Crippen MR) is 135 cm³/mol. The Morgan fingerprint density at radius 1 is 1.18 bits per heavy atom. The predicted octanol–water partition coefficient (Wildman–Crippen LogP) is 4.96. The molecule has 1 aliphatic carbocycles. The molecule has 0 unspecified atom stereocenters. The Morgan fingerprint density at radius 3 is 2.65 bits per heavy atom. The molecule has 34 heavy (non-hydrogen) atoms. The number of nitrogens with one attached hydrogen (secondary N) is 2. The Bertz CT molecular complexity index is 1060. The van der Waals surface area contributed by atoms with Crippen molar-refractivity contribution in [3.05, 3.63) is 58.1 Å². The van der Waals surface area contributed by atoms with E-state index in [9.17, 15) is 14.7 Å². The molecule has 2 aromatic rings. The lowest BCUT2D eigenvalue weighted by atomic mass is 9.94. The van der Waals surface area contributed by atoms with Crippen LogP contribution in [0.1, 0.15) is 44.1 Å². The third kappa shape index (κ3) is 4.89. The number of para-hydroxylation sites is 1. The minimum atomic E-state index is -2.26. The van der Waals surface area contributed by atoms with Crippen LogP contribution in [0.3, 0.4) is 0 Å². The third-order valence-electron chi connectivity index (χ3n) is 6.72. The molecule has 1 saturated carbocycles. The summed E-state index contributed by atoms with van der Waals surface area (Å²) in [4.78, 5) is 29.9. The number of fused-ring (bicyclic) bond motifs is 1. The van der Waals surface area contributed by atoms with Gasteiger partial charge in [0.1, 0.15) is 0 Å². The van der Waals surface area contributed by atoms with E-state index in [0.29, 0.717) is 23.3 Å². The molecule has 1 aliphatic heterocycles. The van der Waals surface area contributed by atoms with E-state index in [-0.39, 0.29) is 16.3 Å². The molecule has 3 N–H and O–H groups in total. The molecule has 0 saturated heterocycles. The molecular weight excluding hydrogens is 475 g/mol. The number of carbonyl (C=O) groups is 2. The average molecular weight is 505 g/mol. The molecule has 1 heterocycles. The maximum atomic E-state index is 13.5. The maximum absolute atomic E-state index is 13.5. The van der Waals surface area contributed by atoms with Crippen LogP contribution < -0.4 is 15.5 Å². The highest BCUT2D eigenvalue weighted by Crippen LogP contribution is 2.41. The Labute approximate surface area is 210 Å². The van der Waals surface area contributed by atoms with Gasteiger partial charge in [0.05, 0.1) is 21.4 Å². The summed E-state index contributed by atoms with van der Waals surface area (Å²) >= 11 is 12.2. The van der Waals surface area contributed by atoms with Crippen molar-refractivity contribution in [3.8, 4) is 0 Å². The SMILES string of the molecule is CN(CCCNC(=O)[C@@]1(O)c2ccccc2NC(=O)N1c1ccc(Cl)c(Cl)c1)C1CCCCC1. The zero-order chi connectivity index (χ0) is 24.3. The van der Waals surface area contributed by atoms with E-state index in [1.54, 1.807) is 30.3 Å². The fraction of sp³-hybridized carbons (Fsp3) is 0.440. The number of rotatable bonds is 7. The summed E-state index contributed by atoms with van der Waals surface area (Å²) in [5, 5.41) is 17.9. The summed E-state index contributed by atoms with van der Waals surface area (Å²) in [6.07, 6.45) is 7.01. The van der Waals surface area contributed by atoms with Gasteiger partial charge in [0.25, 0.3) is 11.6 Å². The van der Waals surface area contributed by atoms with E-state index in [4.69, 9.17) is 23.2 Å². The molecule has 9 heteroatoms. The molecule has 182 valence electrons. The van der Waals surface area contributed by atoms with Crippen LogP contribution in [-0.2, 0) is 10.5 Å². The van der Waals surface area contributed by atoms with Crippen molar-refractivity contribution in [3.63, 3.8) is 0 Å². The largest absolute Gasteiger partial charge is 0.359 e. The monoisotopic (exact) mass is 504 g/mol. The van der Waals surface area contributed by atoms with Gasteiger partial charge < -0.3 is 20.6 Å². The standard InChI is InChI=1S/C25H30Cl2N4O3/c1-30(17-8-3-2-4-9-17)15-7-14-28-23(32)25(34)19-10-5-6-11-22(19)29-24(33)31(25)18-12-13-20(26)21(27)16-18/h5-6,10-13,16-17,34H,2-4,7-9,14-15H2,1H3,(H,28,32)(H,29,33)/t25-/m0/s1. The molecule has 4 rings (SSSR count). The first-order valence-electron chi connectivity index (χ1n) is 11.7. The van der Waals surface area contributed by atoms with Crippen molar-refractivity contribution in [2.24, 2.45) is 0 Å². The molecule has 2 aliphatic rings. The average Bonchev–Trinajstić information content (AvgIpc) is 2.84. The molecule has 0 radical (unpaired) electrons. The van der Waals surface area contributed by atoms with Crippen LogP contribution in [0.15, 0.2) is 42.5 Å². The topological polar surface area (TPSA) is 84.9 Å². The summed E-state index contributed by atoms with van der Waals surface area (Å²) in [5.41, 5.74) is -1.36. The number of carbonyl (C=O) groups excluding carboxylic acids is 2. The van der Waals surface area contributed by atoms with Crippen molar-refractivity contribution in [1.82, 2.24) is 10.2 Å². The van der Waals surface area contributed by atoms with Crippen LogP contribution in [0.5, 0.6) is 0 Å². The number of hydrogen-bond acceptors (Lipinski definition) is 4. The van der Waals surface area contributed by atoms with Crippen LogP contribution >= 0.6 is 23.2 Å². The second-order valence-corrected chi connectivity index (χ2v) is 9.78. The van der Waals surface area contributed by atoms with Gasteiger partial charge in [-0.3, -0.25) is 9.69 Å². The first-order chi connectivity index (χ1) is 16.3. The van der Waals surface area contributed by atoms with Gasteiger partial charge in [-0.1, -0.05) is 60.7 Å². The lowest BCUT2D eigenvalue weighted by Gasteiger charge is -2.42. The summed E-state index contributed by atoms with van der Waals surface area (Å²) in [7, 11) is 2.12. The number of benzene rings is 2. The molecule has 0 spiro atoms. The fourth-order valence-electron chi connectivity index (χ4n) is 4.84. The number of anilines is 2. The second-order valence-electron chi connectivity index (χ2n) is 8.96. The van der Waals surface area contributed by atoms with Crippen molar-refractivity contribution in [2.45, 2.75) is 50.3 Å². The Morgan fingerprint density at radius 2 is 1.91 bits per heavy atom. The number of halogens is 2. The Hall–Kier alpha value is -2.32. The number of amides is 3. The van der Waals surface area contributed by atoms with Gasteiger partial charge in [0.15, 0.2) is 0 Å². The van der Waals surface area contributed by atoms with Crippen LogP contribution in [0, 0.1) is 0 Å². The molecule has 1 fully saturated rings. The van der Waals surface area contributed by atoms with Gasteiger partial charge in [-0.25, -0.2) is 4.79 Å². The van der Waals surface area contributed by atoms with Gasteiger partial charge in [-0.05, 0) is 57.1 Å². The Balaban J connectivity index is 1.53. The number of aliphatic hydroxyl groups is 1. The van der Waals surface area contributed by atoms with E-state index >= 15 is 0 Å². The van der Waals surface area contributed by atoms with Gasteiger partial charge in [-0.2, -0.15) is 0 Å². The smallest absolute Gasteiger partial charge is 0.329 e. The molecule has 2 aromatic carbocycles. The summed E-state index contributed by atoms with van der Waals surface area (Å²) in [5.74, 6) is -0.679. The first-order valence-corrected chi connectivity index (χ1v) is 12.4. The Kier molecular flexibility index (Phi) is 7.67. The normalized spacial score (nSPS) is 20.7. The summed E-state index contributed by atoms with van der Waals surface area (Å²) in [6.45, 7) is 1.22. The molecule has 0 bridgehead atoms. The van der Waals surface area contributed by atoms with E-state index in [0.717, 1.165) is 17.9 Å². The van der Waals surface area contributed by atoms with Gasteiger partial charge in [0, 0.05) is 18.2 Å². The van der Waals surface area contributed by atoms with Crippen molar-refractivity contribution < 1.29 is 14.7 Å². The minimum Gasteiger partial charge on any atom is -0.359 e. The highest BCUT2D eigenvalue weighted by molar-refractivity contribution is 6.42. The summed E-state index contributed by atoms with van der Waals surface area (Å²) < 4.78 is 0. The number of nitrogens with zero attached hydrogens (tertiary/aromatic N) is 2. The van der Waals surface area contributed by atoms with E-state index in [1.807, 2.05) is 0 Å². The molecule has 3 amide bonds. The highest BCUT2D eigenvalue weighted by atomic mass is 35.5. The van der Waals surface area contributed by atoms with E-state index < -0.39 is 17.7 Å². The highest BCUT2D eigenvalue weighted by Gasteiger charge is 2.51. The van der Waals surface area contributed by atoms with Crippen LogP contribution in [-0.4, -0.2) is 48.1 Å². The number of hydrogen-bond donors (Lipinski definition) is 3. The van der Waals surface area contributed by atoms with Crippen LogP contribution in [0.25, 0.3) is 0 Å². The van der Waals surface area contributed by atoms with E-state index in [2.05, 4.69) is 22.6 Å². The van der Waals surface area contributed by atoms with Crippen molar-refractivity contribution in [2.75, 3.05) is 30.4 Å². The quantitative estimate of drug-likeness (QED) is 0.465. The van der Waals surface area contributed by atoms with Gasteiger partial charge in [-0.15, -0.1) is 0 Å². The lowest BCUT2D eigenvalue weighted by Crippen LogP contribution is -2.62. The lowest BCUT2D eigenvalue weighted by molar-refractivity contribution is -0.140. The molecule has 0 aromatic heterocycles. The zero-order valence-electron chi connectivity index (χ0n) is 19.2. The van der Waals surface area contributed by atoms with Crippen molar-refractivity contribution in [1.29, 1.82) is 0 Å². The molecular formula is C25H30Cl2N4O3. The minimum absolute atomic E-state index is 0.208. The van der Waals surface area contributed by atoms with Gasteiger partial charge in [0.2, 0.25) is 0 Å². The first kappa shape index (κ1) is 24.8. The van der Waals surface area contributed by atoms with Crippen molar-refractivity contribution >= 4 is 46.5 Å². The van der Waals surface area contributed by atoms with Crippen LogP contribution in [0.2, 0.25) is 10.0 Å². The summed E-state index contributed by atoms with van der Waals surface area (Å²) in [6, 6.07) is 11.2. The zero-order valence-corrected chi connectivity index (χ0v) is 20.7. The van der Waals surface area contributed by atoms with Crippen LogP contribution in [0.4, 0.5) is 16.2 Å². The number of urea groups is 1. The van der Waals surface area contributed by atoms with Gasteiger partial charge >= 0.3 is 6.03 Å². The van der Waals surface area contributed by atoms with E-state index in [1.165, 1.54) is 44.2 Å². The molecule has 1 atom stereocenters. The maximum Gasteiger partial charge on any atom is 0.329 e. The second kappa shape index (κ2) is 10.5. The molecule has 7 nitrogen and oxygen atoms in total. The third-order valence-corrected chi connectivity index (χ3v) is 7.46.